The fourth-order valence-electron chi connectivity index (χ4n) is 2.52. The normalized spacial score (nSPS) is 20.3. The molecule has 2 N–H and O–H groups in total. The first-order valence-electron chi connectivity index (χ1n) is 6.25. The van der Waals surface area contributed by atoms with E-state index in [2.05, 4.69) is 16.8 Å². The average Bonchev–Trinajstić information content (AvgIpc) is 2.38. The lowest BCUT2D eigenvalue weighted by Crippen LogP contribution is -2.40. The molecule has 0 aromatic carbocycles. The highest BCUT2D eigenvalue weighted by molar-refractivity contribution is 7.80. The Morgan fingerprint density at radius 3 is 3.12 bits per heavy atom. The maximum absolute atomic E-state index is 5.77. The van der Waals surface area contributed by atoms with Crippen molar-refractivity contribution in [2.24, 2.45) is 5.73 Å². The molecule has 0 amide bonds. The van der Waals surface area contributed by atoms with Crippen LogP contribution in [0.15, 0.2) is 18.3 Å². The van der Waals surface area contributed by atoms with E-state index >= 15 is 0 Å². The van der Waals surface area contributed by atoms with Gasteiger partial charge >= 0.3 is 0 Å². The number of hydrogen-bond acceptors (Lipinski definition) is 3. The maximum Gasteiger partial charge on any atom is 0.139 e. The van der Waals surface area contributed by atoms with Gasteiger partial charge in [0.05, 0.1) is 5.56 Å². The highest BCUT2D eigenvalue weighted by atomic mass is 32.1. The third-order valence-electron chi connectivity index (χ3n) is 3.42. The first kappa shape index (κ1) is 12.3. The van der Waals surface area contributed by atoms with Crippen molar-refractivity contribution in [2.75, 3.05) is 11.4 Å². The Labute approximate surface area is 108 Å². The summed E-state index contributed by atoms with van der Waals surface area (Å²) in [5.74, 6) is 0.964. The molecular weight excluding hydrogens is 230 g/mol. The molecule has 1 aliphatic heterocycles. The van der Waals surface area contributed by atoms with Gasteiger partial charge in [0.15, 0.2) is 0 Å². The number of pyridine rings is 1. The fourth-order valence-corrected chi connectivity index (χ4v) is 2.68. The van der Waals surface area contributed by atoms with Crippen LogP contribution in [0.2, 0.25) is 0 Å². The van der Waals surface area contributed by atoms with Crippen LogP contribution in [0.25, 0.3) is 0 Å². The second kappa shape index (κ2) is 5.45. The van der Waals surface area contributed by atoms with Gasteiger partial charge in [0.25, 0.3) is 0 Å². The molecule has 17 heavy (non-hydrogen) atoms. The number of anilines is 1. The van der Waals surface area contributed by atoms with Gasteiger partial charge in [0.2, 0.25) is 0 Å². The fraction of sp³-hybridized carbons (Fsp3) is 0.538. The standard InChI is InChI=1S/C13H19N3S/c1-2-10-6-3-4-9-16(10)13-11(12(14)17)7-5-8-15-13/h5,7-8,10H,2-4,6,9H2,1H3,(H2,14,17). The van der Waals surface area contributed by atoms with Crippen molar-refractivity contribution in [3.05, 3.63) is 23.9 Å². The summed E-state index contributed by atoms with van der Waals surface area (Å²) in [7, 11) is 0. The molecule has 1 aliphatic rings. The van der Waals surface area contributed by atoms with Gasteiger partial charge in [-0.3, -0.25) is 0 Å². The van der Waals surface area contributed by atoms with E-state index in [1.807, 2.05) is 18.3 Å². The van der Waals surface area contributed by atoms with Crippen molar-refractivity contribution in [3.8, 4) is 0 Å². The second-order valence-corrected chi connectivity index (χ2v) is 4.93. The van der Waals surface area contributed by atoms with E-state index in [4.69, 9.17) is 18.0 Å². The second-order valence-electron chi connectivity index (χ2n) is 4.49. The van der Waals surface area contributed by atoms with Crippen LogP contribution in [0.5, 0.6) is 0 Å². The summed E-state index contributed by atoms with van der Waals surface area (Å²) in [6, 6.07) is 4.43. The van der Waals surface area contributed by atoms with Gasteiger partial charge in [-0.2, -0.15) is 0 Å². The maximum atomic E-state index is 5.77. The molecule has 0 bridgehead atoms. The lowest BCUT2D eigenvalue weighted by Gasteiger charge is -2.37. The molecule has 1 aromatic heterocycles. The molecule has 4 heteroatoms. The number of thiocarbonyl (C=S) groups is 1. The SMILES string of the molecule is CCC1CCCCN1c1ncccc1C(N)=S. The summed E-state index contributed by atoms with van der Waals surface area (Å²) in [4.78, 5) is 7.29. The van der Waals surface area contributed by atoms with Crippen molar-refractivity contribution in [1.29, 1.82) is 0 Å². The van der Waals surface area contributed by atoms with Crippen LogP contribution in [0, 0.1) is 0 Å². The highest BCUT2D eigenvalue weighted by Crippen LogP contribution is 2.27. The molecule has 0 radical (unpaired) electrons. The lowest BCUT2D eigenvalue weighted by molar-refractivity contribution is 0.446. The van der Waals surface area contributed by atoms with Crippen LogP contribution in [0.4, 0.5) is 5.82 Å². The van der Waals surface area contributed by atoms with E-state index in [1.165, 1.54) is 19.3 Å². The Kier molecular flexibility index (Phi) is 3.94. The molecule has 0 spiro atoms. The van der Waals surface area contributed by atoms with Gasteiger partial charge in [-0.15, -0.1) is 0 Å². The molecular formula is C13H19N3S. The van der Waals surface area contributed by atoms with Crippen molar-refractivity contribution >= 4 is 23.0 Å². The molecule has 3 nitrogen and oxygen atoms in total. The largest absolute Gasteiger partial charge is 0.389 e. The van der Waals surface area contributed by atoms with Crippen LogP contribution in [0.3, 0.4) is 0 Å². The monoisotopic (exact) mass is 249 g/mol. The van der Waals surface area contributed by atoms with E-state index in [0.29, 0.717) is 11.0 Å². The zero-order chi connectivity index (χ0) is 12.3. The predicted molar refractivity (Wildman–Crippen MR) is 75.4 cm³/mol. The van der Waals surface area contributed by atoms with Gasteiger partial charge in [-0.25, -0.2) is 4.98 Å². The van der Waals surface area contributed by atoms with Crippen LogP contribution in [-0.2, 0) is 0 Å². The Morgan fingerprint density at radius 2 is 2.41 bits per heavy atom. The summed E-state index contributed by atoms with van der Waals surface area (Å²) in [5.41, 5.74) is 6.68. The number of nitrogens with zero attached hydrogens (tertiary/aromatic N) is 2. The summed E-state index contributed by atoms with van der Waals surface area (Å²) < 4.78 is 0. The van der Waals surface area contributed by atoms with Gasteiger partial charge in [-0.05, 0) is 37.8 Å². The quantitative estimate of drug-likeness (QED) is 0.836. The summed E-state index contributed by atoms with van der Waals surface area (Å²) >= 11 is 5.10. The van der Waals surface area contributed by atoms with Gasteiger partial charge < -0.3 is 10.6 Å². The Morgan fingerprint density at radius 1 is 1.59 bits per heavy atom. The number of rotatable bonds is 3. The Hall–Kier alpha value is -1.16. The van der Waals surface area contributed by atoms with E-state index in [-0.39, 0.29) is 0 Å². The molecule has 1 saturated heterocycles. The zero-order valence-electron chi connectivity index (χ0n) is 10.2. The summed E-state index contributed by atoms with van der Waals surface area (Å²) in [6.45, 7) is 3.29. The van der Waals surface area contributed by atoms with Crippen LogP contribution in [-0.4, -0.2) is 22.6 Å². The van der Waals surface area contributed by atoms with Crippen LogP contribution in [0.1, 0.15) is 38.2 Å². The van der Waals surface area contributed by atoms with Crippen LogP contribution >= 0.6 is 12.2 Å². The number of piperidine rings is 1. The van der Waals surface area contributed by atoms with Gasteiger partial charge in [0.1, 0.15) is 10.8 Å². The van der Waals surface area contributed by atoms with Crippen molar-refractivity contribution in [2.45, 2.75) is 38.6 Å². The molecule has 0 saturated carbocycles. The van der Waals surface area contributed by atoms with Crippen molar-refractivity contribution in [1.82, 2.24) is 4.98 Å². The van der Waals surface area contributed by atoms with Crippen LogP contribution < -0.4 is 10.6 Å². The van der Waals surface area contributed by atoms with E-state index in [0.717, 1.165) is 24.3 Å². The first-order chi connectivity index (χ1) is 8.24. The summed E-state index contributed by atoms with van der Waals surface area (Å²) in [5, 5.41) is 0. The molecule has 1 atom stereocenters. The molecule has 92 valence electrons. The molecule has 1 aromatic rings. The molecule has 2 heterocycles. The minimum Gasteiger partial charge on any atom is -0.389 e. The molecule has 2 rings (SSSR count). The Bertz CT molecular complexity index is 405. The predicted octanol–water partition coefficient (Wildman–Crippen LogP) is 2.48. The molecule has 1 fully saturated rings. The lowest BCUT2D eigenvalue weighted by atomic mass is 9.99. The molecule has 1 unspecified atom stereocenters. The van der Waals surface area contributed by atoms with E-state index in [9.17, 15) is 0 Å². The third-order valence-corrected chi connectivity index (χ3v) is 3.64. The van der Waals surface area contributed by atoms with E-state index in [1.54, 1.807) is 0 Å². The average molecular weight is 249 g/mol. The summed E-state index contributed by atoms with van der Waals surface area (Å²) in [6.07, 6.45) is 6.74. The number of nitrogens with two attached hydrogens (primary N) is 1. The first-order valence-corrected chi connectivity index (χ1v) is 6.66. The number of hydrogen-bond donors (Lipinski definition) is 1. The van der Waals surface area contributed by atoms with Gasteiger partial charge in [-0.1, -0.05) is 19.1 Å². The number of aromatic nitrogens is 1. The third kappa shape index (κ3) is 2.57. The topological polar surface area (TPSA) is 42.2 Å². The van der Waals surface area contributed by atoms with Gasteiger partial charge in [0, 0.05) is 18.8 Å². The zero-order valence-corrected chi connectivity index (χ0v) is 11.0. The minimum absolute atomic E-state index is 0.438. The van der Waals surface area contributed by atoms with E-state index < -0.39 is 0 Å². The Balaban J connectivity index is 2.34. The smallest absolute Gasteiger partial charge is 0.139 e. The minimum atomic E-state index is 0.438. The van der Waals surface area contributed by atoms with Crippen molar-refractivity contribution < 1.29 is 0 Å². The highest BCUT2D eigenvalue weighted by Gasteiger charge is 2.24. The van der Waals surface area contributed by atoms with Crippen molar-refractivity contribution in [3.63, 3.8) is 0 Å². The molecule has 0 aliphatic carbocycles.